The Morgan fingerprint density at radius 3 is 2.68 bits per heavy atom. The van der Waals surface area contributed by atoms with Crippen molar-refractivity contribution in [1.82, 2.24) is 9.78 Å². The van der Waals surface area contributed by atoms with E-state index in [0.29, 0.717) is 18.7 Å². The smallest absolute Gasteiger partial charge is 0.392 e. The number of carbonyl (C=O) groups is 2. The topological polar surface area (TPSA) is 87.2 Å². The van der Waals surface area contributed by atoms with E-state index in [1.54, 1.807) is 10.7 Å². The molecule has 1 amide bonds. The minimum atomic E-state index is -0.862. The van der Waals surface area contributed by atoms with E-state index in [-0.39, 0.29) is 17.2 Å². The van der Waals surface area contributed by atoms with Gasteiger partial charge in [-0.1, -0.05) is 0 Å². The van der Waals surface area contributed by atoms with Gasteiger partial charge in [-0.2, -0.15) is 5.10 Å². The number of aromatic nitrogens is 2. The fourth-order valence-electron chi connectivity index (χ4n) is 2.30. The predicted molar refractivity (Wildman–Crippen MR) is 69.0 cm³/mol. The van der Waals surface area contributed by atoms with Gasteiger partial charge in [0, 0.05) is 24.8 Å². The molecule has 0 radical (unpaired) electrons. The Hall–Kier alpha value is -1.85. The fraction of sp³-hybridized carbons (Fsp3) is 0.615. The molecule has 1 heterocycles. The zero-order valence-corrected chi connectivity index (χ0v) is 11.5. The summed E-state index contributed by atoms with van der Waals surface area (Å²) in [6.07, 6.45) is 1.05. The van der Waals surface area contributed by atoms with Crippen LogP contribution in [0.15, 0.2) is 6.07 Å². The third-order valence-corrected chi connectivity index (χ3v) is 3.20. The molecule has 6 heteroatoms. The number of primary amides is 1. The van der Waals surface area contributed by atoms with E-state index < -0.39 is 6.09 Å². The van der Waals surface area contributed by atoms with Crippen LogP contribution in [0.3, 0.4) is 0 Å². The molecule has 1 saturated carbocycles. The molecule has 1 aromatic rings. The molecule has 1 atom stereocenters. The van der Waals surface area contributed by atoms with Crippen molar-refractivity contribution in [2.24, 2.45) is 5.73 Å². The van der Waals surface area contributed by atoms with Crippen LogP contribution in [0.1, 0.15) is 51.6 Å². The van der Waals surface area contributed by atoms with E-state index in [4.69, 9.17) is 10.5 Å². The van der Waals surface area contributed by atoms with Gasteiger partial charge in [0.2, 0.25) is 5.88 Å². The van der Waals surface area contributed by atoms with Crippen molar-refractivity contribution in [2.45, 2.75) is 51.5 Å². The molecular formula is C13H19N3O3. The van der Waals surface area contributed by atoms with E-state index in [2.05, 4.69) is 5.10 Å². The van der Waals surface area contributed by atoms with E-state index in [1.165, 1.54) is 0 Å². The molecule has 0 aliphatic heterocycles. The molecule has 1 fully saturated rings. The lowest BCUT2D eigenvalue weighted by Gasteiger charge is -2.21. The van der Waals surface area contributed by atoms with Crippen LogP contribution >= 0.6 is 0 Å². The van der Waals surface area contributed by atoms with Crippen molar-refractivity contribution in [1.29, 1.82) is 0 Å². The van der Waals surface area contributed by atoms with Crippen molar-refractivity contribution in [3.8, 4) is 5.88 Å². The van der Waals surface area contributed by atoms with Crippen LogP contribution in [0.4, 0.5) is 4.79 Å². The van der Waals surface area contributed by atoms with Crippen LogP contribution in [0.5, 0.6) is 5.88 Å². The first-order chi connectivity index (χ1) is 8.77. The second-order valence-corrected chi connectivity index (χ2v) is 5.89. The number of nitrogens with two attached hydrogens (primary N) is 1. The highest BCUT2D eigenvalue weighted by atomic mass is 16.6. The average Bonchev–Trinajstić information content (AvgIpc) is 2.82. The number of carbonyl (C=O) groups excluding carboxylic acids is 2. The second kappa shape index (κ2) is 4.68. The first-order valence-electron chi connectivity index (χ1n) is 6.37. The summed E-state index contributed by atoms with van der Waals surface area (Å²) in [5.74, 6) is 0.702. The summed E-state index contributed by atoms with van der Waals surface area (Å²) in [7, 11) is 0. The highest BCUT2D eigenvalue weighted by Crippen LogP contribution is 2.34. The number of hydrogen-bond acceptors (Lipinski definition) is 4. The molecule has 104 valence electrons. The van der Waals surface area contributed by atoms with Gasteiger partial charge < -0.3 is 10.5 Å². The Bertz CT molecular complexity index is 514. The largest absolute Gasteiger partial charge is 0.411 e. The van der Waals surface area contributed by atoms with Crippen molar-refractivity contribution in [3.63, 3.8) is 0 Å². The zero-order chi connectivity index (χ0) is 14.2. The molecule has 1 unspecified atom stereocenters. The molecule has 19 heavy (non-hydrogen) atoms. The van der Waals surface area contributed by atoms with Crippen LogP contribution in [-0.4, -0.2) is 21.7 Å². The molecule has 2 rings (SSSR count). The normalized spacial score (nSPS) is 19.7. The molecule has 0 aromatic carbocycles. The molecule has 1 aliphatic carbocycles. The van der Waals surface area contributed by atoms with E-state index in [1.807, 2.05) is 20.8 Å². The molecular weight excluding hydrogens is 246 g/mol. The Morgan fingerprint density at radius 2 is 2.21 bits per heavy atom. The lowest BCUT2D eigenvalue weighted by Crippen LogP contribution is -2.27. The van der Waals surface area contributed by atoms with Crippen LogP contribution in [0.25, 0.3) is 0 Å². The highest BCUT2D eigenvalue weighted by molar-refractivity contribution is 5.81. The Morgan fingerprint density at radius 1 is 1.53 bits per heavy atom. The summed E-state index contributed by atoms with van der Waals surface area (Å²) in [6.45, 7) is 5.87. The number of hydrogen-bond donors (Lipinski definition) is 1. The van der Waals surface area contributed by atoms with Crippen LogP contribution in [-0.2, 0) is 10.3 Å². The number of nitrogens with zero attached hydrogens (tertiary/aromatic N) is 2. The maximum Gasteiger partial charge on any atom is 0.411 e. The Balaban J connectivity index is 2.34. The van der Waals surface area contributed by atoms with Crippen LogP contribution < -0.4 is 10.5 Å². The van der Waals surface area contributed by atoms with Crippen molar-refractivity contribution >= 4 is 11.9 Å². The van der Waals surface area contributed by atoms with Gasteiger partial charge in [0.15, 0.2) is 0 Å². The summed E-state index contributed by atoms with van der Waals surface area (Å²) in [6, 6.07) is 1.71. The first kappa shape index (κ1) is 13.6. The van der Waals surface area contributed by atoms with Gasteiger partial charge in [-0.15, -0.1) is 0 Å². The minimum Gasteiger partial charge on any atom is -0.392 e. The van der Waals surface area contributed by atoms with Crippen LogP contribution in [0.2, 0.25) is 0 Å². The van der Waals surface area contributed by atoms with Crippen molar-refractivity contribution in [3.05, 3.63) is 11.8 Å². The number of Topliss-reactive ketones (excluding diaryl/α,β-unsaturated/α-hetero) is 1. The molecule has 1 aliphatic rings. The van der Waals surface area contributed by atoms with Gasteiger partial charge in [-0.25, -0.2) is 9.48 Å². The Labute approximate surface area is 111 Å². The molecule has 6 nitrogen and oxygen atoms in total. The van der Waals surface area contributed by atoms with Gasteiger partial charge >= 0.3 is 6.09 Å². The number of amides is 1. The van der Waals surface area contributed by atoms with Gasteiger partial charge in [-0.3, -0.25) is 4.79 Å². The summed E-state index contributed by atoms with van der Waals surface area (Å²) >= 11 is 0. The molecule has 2 N–H and O–H groups in total. The maximum atomic E-state index is 11.4. The highest BCUT2D eigenvalue weighted by Gasteiger charge is 2.29. The lowest BCUT2D eigenvalue weighted by atomic mass is 10.0. The minimum absolute atomic E-state index is 0.117. The van der Waals surface area contributed by atoms with Gasteiger partial charge in [0.1, 0.15) is 5.78 Å². The average molecular weight is 265 g/mol. The third-order valence-electron chi connectivity index (χ3n) is 3.20. The van der Waals surface area contributed by atoms with Gasteiger partial charge in [0.25, 0.3) is 0 Å². The monoisotopic (exact) mass is 265 g/mol. The number of ether oxygens (including phenoxy) is 1. The predicted octanol–water partition coefficient (Wildman–Crippen LogP) is 1.93. The van der Waals surface area contributed by atoms with Gasteiger partial charge in [0.05, 0.1) is 11.2 Å². The first-order valence-corrected chi connectivity index (χ1v) is 6.37. The quantitative estimate of drug-likeness (QED) is 0.885. The summed E-state index contributed by atoms with van der Waals surface area (Å²) < 4.78 is 6.63. The SMILES string of the molecule is CC(C)(C)n1nc(C2CCC(=O)C2)cc1OC(N)=O. The van der Waals surface area contributed by atoms with E-state index in [9.17, 15) is 9.59 Å². The van der Waals surface area contributed by atoms with E-state index >= 15 is 0 Å². The molecule has 0 saturated heterocycles. The van der Waals surface area contributed by atoms with Crippen molar-refractivity contribution in [2.75, 3.05) is 0 Å². The summed E-state index contributed by atoms with van der Waals surface area (Å²) in [5, 5.41) is 4.48. The summed E-state index contributed by atoms with van der Waals surface area (Å²) in [5.41, 5.74) is 5.53. The molecule has 1 aromatic heterocycles. The standard InChI is InChI=1S/C13H19N3O3/c1-13(2,3)16-11(19-12(14)18)7-10(15-16)8-4-5-9(17)6-8/h7-8H,4-6H2,1-3H3,(H2,14,18). The molecule has 0 bridgehead atoms. The second-order valence-electron chi connectivity index (χ2n) is 5.89. The zero-order valence-electron chi connectivity index (χ0n) is 11.5. The van der Waals surface area contributed by atoms with Crippen molar-refractivity contribution < 1.29 is 14.3 Å². The third kappa shape index (κ3) is 2.94. The fourth-order valence-corrected chi connectivity index (χ4v) is 2.30. The lowest BCUT2D eigenvalue weighted by molar-refractivity contribution is -0.117. The van der Waals surface area contributed by atoms with Gasteiger partial charge in [-0.05, 0) is 27.2 Å². The van der Waals surface area contributed by atoms with E-state index in [0.717, 1.165) is 12.1 Å². The Kier molecular flexibility index (Phi) is 3.34. The maximum absolute atomic E-state index is 11.4. The molecule has 0 spiro atoms. The number of rotatable bonds is 2. The summed E-state index contributed by atoms with van der Waals surface area (Å²) in [4.78, 5) is 22.3. The number of ketones is 1. The van der Waals surface area contributed by atoms with Crippen LogP contribution in [0, 0.1) is 0 Å².